The van der Waals surface area contributed by atoms with Gasteiger partial charge in [-0.25, -0.2) is 19.4 Å². The zero-order valence-corrected chi connectivity index (χ0v) is 28.0. The number of amidine groups is 1. The number of carbonyl (C=O) groups is 4. The molecule has 15 nitrogen and oxygen atoms in total. The number of rotatable bonds is 13. The van der Waals surface area contributed by atoms with Crippen LogP contribution in [0.25, 0.3) is 17.2 Å². The number of aryl methyl sites for hydroxylation is 1. The second-order valence-electron chi connectivity index (χ2n) is 11.4. The van der Waals surface area contributed by atoms with Crippen molar-refractivity contribution in [1.29, 1.82) is 5.41 Å². The molecule has 5 rings (SSSR count). The van der Waals surface area contributed by atoms with E-state index in [0.717, 1.165) is 12.8 Å². The molecular formula is C36H35N5O10. The summed E-state index contributed by atoms with van der Waals surface area (Å²) in [5.41, 5.74) is 1.27. The number of benzene rings is 2. The molecule has 51 heavy (non-hydrogen) atoms. The van der Waals surface area contributed by atoms with E-state index in [2.05, 4.69) is 27.5 Å². The van der Waals surface area contributed by atoms with Gasteiger partial charge < -0.3 is 33.7 Å². The van der Waals surface area contributed by atoms with Gasteiger partial charge in [0.1, 0.15) is 17.3 Å². The highest BCUT2D eigenvalue weighted by Crippen LogP contribution is 2.35. The molecule has 15 heteroatoms. The Morgan fingerprint density at radius 2 is 1.76 bits per heavy atom. The zero-order chi connectivity index (χ0) is 36.7. The minimum Gasteiger partial charge on any atom is -0.496 e. The van der Waals surface area contributed by atoms with E-state index < -0.39 is 36.3 Å². The number of nitrogens with one attached hydrogen (secondary N) is 4. The molecule has 1 aliphatic rings. The second kappa shape index (κ2) is 15.8. The minimum atomic E-state index is -0.974. The molecule has 264 valence electrons. The number of amides is 3. The Balaban J connectivity index is 1.51. The number of methoxy groups -OCH3 is 1. The van der Waals surface area contributed by atoms with E-state index in [-0.39, 0.29) is 52.0 Å². The summed E-state index contributed by atoms with van der Waals surface area (Å²) >= 11 is 0. The Bertz CT molecular complexity index is 2060. The number of aromatic nitrogens is 1. The molecule has 0 spiro atoms. The molecule has 1 aliphatic carbocycles. The van der Waals surface area contributed by atoms with Crippen molar-refractivity contribution in [2.75, 3.05) is 25.6 Å². The van der Waals surface area contributed by atoms with Gasteiger partial charge in [-0.05, 0) is 81.1 Å². The molecule has 1 saturated carbocycles. The quantitative estimate of drug-likeness (QED) is 0.0822. The maximum atomic E-state index is 13.9. The van der Waals surface area contributed by atoms with Gasteiger partial charge >= 0.3 is 17.9 Å². The molecule has 2 aromatic carbocycles. The third kappa shape index (κ3) is 8.75. The lowest BCUT2D eigenvalue weighted by Gasteiger charge is -2.17. The maximum Gasteiger partial charge on any atom is 0.519 e. The fourth-order valence-electron chi connectivity index (χ4n) is 4.92. The third-order valence-corrected chi connectivity index (χ3v) is 7.80. The van der Waals surface area contributed by atoms with Crippen molar-refractivity contribution in [3.05, 3.63) is 105 Å². The first kappa shape index (κ1) is 35.8. The predicted octanol–water partition coefficient (Wildman–Crippen LogP) is 5.08. The molecular weight excluding hydrogens is 662 g/mol. The Morgan fingerprint density at radius 3 is 2.39 bits per heavy atom. The SMILES string of the molecule is C=Cc1cc(C(=O)Nc2ccc(C(=N)NC(=O)OCC)cc2)c(-c2ccc(C(=O)NCC3CC3)nc2C(=O)OCc2oc(=O)oc2C)cc1OC. The molecule has 3 amide bonds. The van der Waals surface area contributed by atoms with E-state index in [0.29, 0.717) is 35.0 Å². The summed E-state index contributed by atoms with van der Waals surface area (Å²) < 4.78 is 25.6. The first-order valence-corrected chi connectivity index (χ1v) is 15.9. The third-order valence-electron chi connectivity index (χ3n) is 7.80. The maximum absolute atomic E-state index is 13.9. The number of esters is 1. The topological polar surface area (TPSA) is 212 Å². The van der Waals surface area contributed by atoms with Crippen molar-refractivity contribution in [3.8, 4) is 16.9 Å². The monoisotopic (exact) mass is 697 g/mol. The standard InChI is InChI=1S/C36H35N5O10/c1-5-21-15-26(32(42)39-23-11-9-22(10-12-23)31(37)41-35(45)48-6-2)25(16-28(21)47-4)24-13-14-27(33(43)38-17-20-7-8-20)40-30(24)34(44)49-18-29-19(3)50-36(46)51-29/h5,9-16,20H,1,6-8,17-18H2,2-4H3,(H,38,43)(H,39,42)(H2,37,41,45). The van der Waals surface area contributed by atoms with Crippen molar-refractivity contribution in [2.24, 2.45) is 5.92 Å². The summed E-state index contributed by atoms with van der Waals surface area (Å²) in [6.45, 7) is 7.08. The van der Waals surface area contributed by atoms with E-state index in [1.807, 2.05) is 0 Å². The van der Waals surface area contributed by atoms with Crippen LogP contribution in [0.15, 0.2) is 68.7 Å². The number of nitrogens with zero attached hydrogens (tertiary/aromatic N) is 1. The van der Waals surface area contributed by atoms with Gasteiger partial charge in [-0.15, -0.1) is 0 Å². The second-order valence-corrected chi connectivity index (χ2v) is 11.4. The fraction of sp³-hybridized carbons (Fsp3) is 0.250. The van der Waals surface area contributed by atoms with Crippen LogP contribution in [0.3, 0.4) is 0 Å². The summed E-state index contributed by atoms with van der Waals surface area (Å²) in [5, 5.41) is 16.0. The van der Waals surface area contributed by atoms with E-state index in [1.165, 1.54) is 56.5 Å². The lowest BCUT2D eigenvalue weighted by atomic mass is 9.94. The Kier molecular flexibility index (Phi) is 11.1. The molecule has 0 atom stereocenters. The fourth-order valence-corrected chi connectivity index (χ4v) is 4.92. The van der Waals surface area contributed by atoms with Crippen LogP contribution < -0.4 is 26.5 Å². The summed E-state index contributed by atoms with van der Waals surface area (Å²) in [6, 6.07) is 12.1. The van der Waals surface area contributed by atoms with Gasteiger partial charge in [0.05, 0.1) is 13.7 Å². The number of hydrogen-bond donors (Lipinski definition) is 4. The highest BCUT2D eigenvalue weighted by Gasteiger charge is 2.27. The number of carbonyl (C=O) groups excluding carboxylic acids is 4. The number of anilines is 1. The van der Waals surface area contributed by atoms with Crippen molar-refractivity contribution >= 4 is 41.5 Å². The minimum absolute atomic E-state index is 0.0110. The number of pyridine rings is 1. The van der Waals surface area contributed by atoms with Crippen LogP contribution in [0.5, 0.6) is 5.75 Å². The summed E-state index contributed by atoms with van der Waals surface area (Å²) in [6.07, 6.45) is 2.76. The zero-order valence-electron chi connectivity index (χ0n) is 28.0. The highest BCUT2D eigenvalue weighted by molar-refractivity contribution is 6.11. The number of alkyl carbamates (subject to hydrolysis) is 1. The van der Waals surface area contributed by atoms with E-state index in [4.69, 9.17) is 28.5 Å². The molecule has 0 aliphatic heterocycles. The molecule has 0 unspecified atom stereocenters. The molecule has 0 saturated heterocycles. The smallest absolute Gasteiger partial charge is 0.496 e. The largest absolute Gasteiger partial charge is 0.519 e. The van der Waals surface area contributed by atoms with Crippen LogP contribution in [0.4, 0.5) is 10.5 Å². The van der Waals surface area contributed by atoms with Crippen LogP contribution in [-0.2, 0) is 16.1 Å². The van der Waals surface area contributed by atoms with Crippen molar-refractivity contribution in [1.82, 2.24) is 15.6 Å². The van der Waals surface area contributed by atoms with Gasteiger partial charge in [-0.2, -0.15) is 0 Å². The molecule has 4 N–H and O–H groups in total. The lowest BCUT2D eigenvalue weighted by Crippen LogP contribution is -2.31. The average molecular weight is 698 g/mol. The van der Waals surface area contributed by atoms with Crippen molar-refractivity contribution in [3.63, 3.8) is 0 Å². The molecule has 0 bridgehead atoms. The van der Waals surface area contributed by atoms with E-state index in [9.17, 15) is 24.0 Å². The average Bonchev–Trinajstić information content (AvgIpc) is 3.90. The molecule has 2 aromatic heterocycles. The van der Waals surface area contributed by atoms with Crippen molar-refractivity contribution in [2.45, 2.75) is 33.3 Å². The normalized spacial score (nSPS) is 12.0. The predicted molar refractivity (Wildman–Crippen MR) is 184 cm³/mol. The van der Waals surface area contributed by atoms with E-state index in [1.54, 1.807) is 19.1 Å². The van der Waals surface area contributed by atoms with Crippen LogP contribution in [-0.4, -0.2) is 55.0 Å². The van der Waals surface area contributed by atoms with Crippen LogP contribution in [0.2, 0.25) is 0 Å². The van der Waals surface area contributed by atoms with Gasteiger partial charge in [0.2, 0.25) is 0 Å². The van der Waals surface area contributed by atoms with Crippen LogP contribution in [0, 0.1) is 18.3 Å². The molecule has 1 fully saturated rings. The lowest BCUT2D eigenvalue weighted by molar-refractivity contribution is 0.0436. The van der Waals surface area contributed by atoms with E-state index >= 15 is 0 Å². The number of hydrogen-bond acceptors (Lipinski definition) is 12. The number of ether oxygens (including phenoxy) is 3. The summed E-state index contributed by atoms with van der Waals surface area (Å²) in [7, 11) is 1.43. The van der Waals surface area contributed by atoms with Gasteiger partial charge in [-0.1, -0.05) is 12.7 Å². The Labute approximate surface area is 291 Å². The van der Waals surface area contributed by atoms with Gasteiger partial charge in [0.15, 0.2) is 23.8 Å². The molecule has 2 heterocycles. The van der Waals surface area contributed by atoms with Gasteiger partial charge in [0, 0.05) is 40.0 Å². The van der Waals surface area contributed by atoms with Gasteiger partial charge in [-0.3, -0.25) is 20.3 Å². The molecule has 4 aromatic rings. The highest BCUT2D eigenvalue weighted by atomic mass is 16.6. The first-order valence-electron chi connectivity index (χ1n) is 15.9. The van der Waals surface area contributed by atoms with Crippen molar-refractivity contribution < 1.29 is 42.2 Å². The van der Waals surface area contributed by atoms with Gasteiger partial charge in [0.25, 0.3) is 11.8 Å². The Morgan fingerprint density at radius 1 is 1.02 bits per heavy atom. The summed E-state index contributed by atoms with van der Waals surface area (Å²) in [5.74, 6) is -2.38. The first-order chi connectivity index (χ1) is 24.5. The summed E-state index contributed by atoms with van der Waals surface area (Å²) in [4.78, 5) is 68.2. The molecule has 0 radical (unpaired) electrons. The Hall–Kier alpha value is -6.51. The van der Waals surface area contributed by atoms with Crippen LogP contribution in [0.1, 0.15) is 73.7 Å². The van der Waals surface area contributed by atoms with Crippen LogP contribution >= 0.6 is 0 Å².